The summed E-state index contributed by atoms with van der Waals surface area (Å²) in [5.74, 6) is 0.491. The number of aromatic nitrogens is 4. The normalized spacial score (nSPS) is 12.4. The minimum Gasteiger partial charge on any atom is -0.465 e. The van der Waals surface area contributed by atoms with Gasteiger partial charge in [-0.2, -0.15) is 0 Å². The molecule has 138 valence electrons. The van der Waals surface area contributed by atoms with E-state index in [4.69, 9.17) is 9.47 Å². The second-order valence-electron chi connectivity index (χ2n) is 5.71. The third kappa shape index (κ3) is 3.76. The molecule has 2 heterocycles. The van der Waals surface area contributed by atoms with Crippen LogP contribution in [0.5, 0.6) is 0 Å². The van der Waals surface area contributed by atoms with Gasteiger partial charge >= 0.3 is 5.97 Å². The van der Waals surface area contributed by atoms with Crippen LogP contribution in [0, 0.1) is 0 Å². The molecule has 3 rings (SSSR count). The molecule has 0 amide bonds. The number of thioether (sulfide) groups is 1. The number of para-hydroxylation sites is 1. The molecule has 0 aliphatic heterocycles. The predicted octanol–water partition coefficient (Wildman–Crippen LogP) is 3.12. The molecule has 1 aromatic carbocycles. The van der Waals surface area contributed by atoms with E-state index in [1.807, 2.05) is 42.0 Å². The van der Waals surface area contributed by atoms with Crippen molar-refractivity contribution in [3.8, 4) is 11.4 Å². The van der Waals surface area contributed by atoms with Crippen LogP contribution in [0.3, 0.4) is 0 Å². The number of fused-ring (bicyclic) bond motifs is 1. The lowest BCUT2D eigenvalue weighted by atomic mass is 10.1. The smallest absolute Gasteiger partial charge is 0.319 e. The molecule has 2 aromatic heterocycles. The van der Waals surface area contributed by atoms with E-state index in [1.54, 1.807) is 14.0 Å². The average Bonchev–Trinajstić information content (AvgIpc) is 3.23. The number of carbonyl (C=O) groups is 1. The van der Waals surface area contributed by atoms with E-state index in [-0.39, 0.29) is 11.2 Å². The number of benzene rings is 1. The minimum atomic E-state index is -0.365. The second kappa shape index (κ2) is 8.37. The summed E-state index contributed by atoms with van der Waals surface area (Å²) in [7, 11) is 1.66. The molecule has 0 aliphatic rings. The molecule has 0 aliphatic carbocycles. The van der Waals surface area contributed by atoms with Crippen molar-refractivity contribution < 1.29 is 14.3 Å². The molecule has 0 fully saturated rings. The van der Waals surface area contributed by atoms with E-state index in [0.29, 0.717) is 24.9 Å². The maximum atomic E-state index is 12.0. The molecule has 0 bridgehead atoms. The molecule has 1 atom stereocenters. The largest absolute Gasteiger partial charge is 0.465 e. The summed E-state index contributed by atoms with van der Waals surface area (Å²) in [5.41, 5.74) is 2.01. The van der Waals surface area contributed by atoms with Crippen molar-refractivity contribution in [2.24, 2.45) is 0 Å². The number of hydrogen-bond donors (Lipinski definition) is 1. The van der Waals surface area contributed by atoms with Crippen molar-refractivity contribution >= 4 is 28.6 Å². The number of nitrogens with one attached hydrogen (secondary N) is 1. The van der Waals surface area contributed by atoms with Crippen molar-refractivity contribution in [3.05, 3.63) is 30.5 Å². The van der Waals surface area contributed by atoms with Crippen molar-refractivity contribution in [3.63, 3.8) is 0 Å². The Morgan fingerprint density at radius 3 is 2.92 bits per heavy atom. The number of H-pyrrole nitrogens is 1. The van der Waals surface area contributed by atoms with Crippen LogP contribution >= 0.6 is 11.8 Å². The molecule has 0 saturated carbocycles. The quantitative estimate of drug-likeness (QED) is 0.482. The lowest BCUT2D eigenvalue weighted by molar-refractivity contribution is -0.142. The molecular weight excluding hydrogens is 352 g/mol. The standard InChI is InChI=1S/C18H22N4O3S/c1-4-25-17(23)12(2)26-18-21-20-16(22(18)9-10-24-3)14-11-19-15-8-6-5-7-13(14)15/h5-8,11-12,19H,4,9-10H2,1-3H3. The summed E-state index contributed by atoms with van der Waals surface area (Å²) >= 11 is 1.34. The Labute approximate surface area is 156 Å². The van der Waals surface area contributed by atoms with Gasteiger partial charge in [0.15, 0.2) is 11.0 Å². The second-order valence-corrected chi connectivity index (χ2v) is 7.02. The van der Waals surface area contributed by atoms with Gasteiger partial charge in [-0.3, -0.25) is 9.36 Å². The molecule has 26 heavy (non-hydrogen) atoms. The maximum absolute atomic E-state index is 12.0. The Morgan fingerprint density at radius 2 is 2.15 bits per heavy atom. The lowest BCUT2D eigenvalue weighted by Gasteiger charge is -2.12. The van der Waals surface area contributed by atoms with Gasteiger partial charge in [-0.05, 0) is 19.9 Å². The molecule has 0 saturated heterocycles. The van der Waals surface area contributed by atoms with E-state index in [1.165, 1.54) is 11.8 Å². The van der Waals surface area contributed by atoms with Crippen LogP contribution in [0.4, 0.5) is 0 Å². The highest BCUT2D eigenvalue weighted by molar-refractivity contribution is 8.00. The topological polar surface area (TPSA) is 82.0 Å². The van der Waals surface area contributed by atoms with E-state index >= 15 is 0 Å². The van der Waals surface area contributed by atoms with Gasteiger partial charge in [-0.15, -0.1) is 10.2 Å². The number of esters is 1. The Balaban J connectivity index is 1.96. The zero-order chi connectivity index (χ0) is 18.5. The zero-order valence-electron chi connectivity index (χ0n) is 15.1. The summed E-state index contributed by atoms with van der Waals surface area (Å²) in [6.45, 7) is 5.08. The molecule has 8 heteroatoms. The third-order valence-corrected chi connectivity index (χ3v) is 5.03. The molecule has 3 aromatic rings. The SMILES string of the molecule is CCOC(=O)C(C)Sc1nnc(-c2c[nH]c3ccccc23)n1CCOC. The molecule has 1 N–H and O–H groups in total. The summed E-state index contributed by atoms with van der Waals surface area (Å²) in [6, 6.07) is 8.05. The van der Waals surface area contributed by atoms with E-state index in [0.717, 1.165) is 22.3 Å². The van der Waals surface area contributed by atoms with E-state index in [9.17, 15) is 4.79 Å². The van der Waals surface area contributed by atoms with Crippen LogP contribution in [-0.4, -0.2) is 51.3 Å². The highest BCUT2D eigenvalue weighted by Gasteiger charge is 2.22. The first-order valence-electron chi connectivity index (χ1n) is 8.47. The van der Waals surface area contributed by atoms with E-state index < -0.39 is 0 Å². The van der Waals surface area contributed by atoms with Gasteiger partial charge in [0.25, 0.3) is 0 Å². The third-order valence-electron chi connectivity index (χ3n) is 3.97. The minimum absolute atomic E-state index is 0.257. The van der Waals surface area contributed by atoms with Gasteiger partial charge in [-0.1, -0.05) is 30.0 Å². The van der Waals surface area contributed by atoms with Crippen molar-refractivity contribution in [1.82, 2.24) is 19.7 Å². The molecule has 1 unspecified atom stereocenters. The molecule has 7 nitrogen and oxygen atoms in total. The summed E-state index contributed by atoms with van der Waals surface area (Å²) in [4.78, 5) is 15.2. The number of methoxy groups -OCH3 is 1. The summed E-state index contributed by atoms with van der Waals surface area (Å²) in [6.07, 6.45) is 1.93. The average molecular weight is 374 g/mol. The van der Waals surface area contributed by atoms with Gasteiger partial charge in [0.2, 0.25) is 0 Å². The predicted molar refractivity (Wildman–Crippen MR) is 101 cm³/mol. The Hall–Kier alpha value is -2.32. The van der Waals surface area contributed by atoms with Crippen LogP contribution in [0.2, 0.25) is 0 Å². The summed E-state index contributed by atoms with van der Waals surface area (Å²) in [5, 5.41) is 10.1. The first kappa shape index (κ1) is 18.5. The number of nitrogens with zero attached hydrogens (tertiary/aromatic N) is 3. The number of carbonyl (C=O) groups excluding carboxylic acids is 1. The number of hydrogen-bond acceptors (Lipinski definition) is 6. The maximum Gasteiger partial charge on any atom is 0.319 e. The van der Waals surface area contributed by atoms with Gasteiger partial charge in [0.05, 0.1) is 19.8 Å². The first-order chi connectivity index (χ1) is 12.7. The van der Waals surface area contributed by atoms with Crippen molar-refractivity contribution in [2.75, 3.05) is 20.3 Å². The fraction of sp³-hybridized carbons (Fsp3) is 0.389. The van der Waals surface area contributed by atoms with Crippen LogP contribution < -0.4 is 0 Å². The monoisotopic (exact) mass is 374 g/mol. The van der Waals surface area contributed by atoms with Crippen LogP contribution in [-0.2, 0) is 20.8 Å². The van der Waals surface area contributed by atoms with E-state index in [2.05, 4.69) is 15.2 Å². The van der Waals surface area contributed by atoms with Crippen molar-refractivity contribution in [2.45, 2.75) is 30.8 Å². The molecule has 0 radical (unpaired) electrons. The van der Waals surface area contributed by atoms with Gasteiger partial charge in [-0.25, -0.2) is 0 Å². The number of aromatic amines is 1. The van der Waals surface area contributed by atoms with Crippen LogP contribution in [0.1, 0.15) is 13.8 Å². The van der Waals surface area contributed by atoms with Crippen molar-refractivity contribution in [1.29, 1.82) is 0 Å². The van der Waals surface area contributed by atoms with Gasteiger partial charge in [0.1, 0.15) is 5.25 Å². The highest BCUT2D eigenvalue weighted by atomic mass is 32.2. The summed E-state index contributed by atoms with van der Waals surface area (Å²) < 4.78 is 12.3. The van der Waals surface area contributed by atoms with Crippen LogP contribution in [0.15, 0.2) is 35.6 Å². The number of rotatable bonds is 8. The Morgan fingerprint density at radius 1 is 1.35 bits per heavy atom. The zero-order valence-corrected chi connectivity index (χ0v) is 15.9. The Bertz CT molecular complexity index is 890. The molecular formula is C18H22N4O3S. The fourth-order valence-electron chi connectivity index (χ4n) is 2.68. The van der Waals surface area contributed by atoms with Crippen LogP contribution in [0.25, 0.3) is 22.3 Å². The van der Waals surface area contributed by atoms with Gasteiger partial charge < -0.3 is 14.5 Å². The fourth-order valence-corrected chi connectivity index (χ4v) is 3.56. The number of ether oxygens (including phenoxy) is 2. The highest BCUT2D eigenvalue weighted by Crippen LogP contribution is 2.31. The lowest BCUT2D eigenvalue weighted by Crippen LogP contribution is -2.18. The molecule has 0 spiro atoms. The first-order valence-corrected chi connectivity index (χ1v) is 9.35. The Kier molecular flexibility index (Phi) is 5.95. The van der Waals surface area contributed by atoms with Gasteiger partial charge in [0, 0.05) is 29.8 Å².